The molecule has 0 unspecified atom stereocenters. The summed E-state index contributed by atoms with van der Waals surface area (Å²) in [7, 11) is 0. The summed E-state index contributed by atoms with van der Waals surface area (Å²) in [5.74, 6) is 1.02. The van der Waals surface area contributed by atoms with Crippen molar-refractivity contribution in [1.29, 1.82) is 0 Å². The van der Waals surface area contributed by atoms with Gasteiger partial charge in [0, 0.05) is 63.8 Å². The van der Waals surface area contributed by atoms with Crippen LogP contribution in [0.2, 0.25) is 0 Å². The van der Waals surface area contributed by atoms with Crippen LogP contribution in [0.3, 0.4) is 0 Å². The van der Waals surface area contributed by atoms with E-state index < -0.39 is 0 Å². The van der Waals surface area contributed by atoms with Gasteiger partial charge in [-0.2, -0.15) is 0 Å². The first kappa shape index (κ1) is 25.6. The minimum atomic E-state index is -0.147. The Morgan fingerprint density at radius 1 is 0.972 bits per heavy atom. The number of nitrogens with one attached hydrogen (secondary N) is 1. The highest BCUT2D eigenvalue weighted by molar-refractivity contribution is 5.95. The summed E-state index contributed by atoms with van der Waals surface area (Å²) in [6, 6.07) is 3.78. The van der Waals surface area contributed by atoms with Gasteiger partial charge in [0.15, 0.2) is 0 Å². The Kier molecular flexibility index (Phi) is 8.90. The van der Waals surface area contributed by atoms with E-state index in [4.69, 9.17) is 14.2 Å². The van der Waals surface area contributed by atoms with Gasteiger partial charge >= 0.3 is 0 Å². The van der Waals surface area contributed by atoms with Crippen molar-refractivity contribution in [2.75, 3.05) is 82.5 Å². The van der Waals surface area contributed by atoms with Crippen LogP contribution in [0.5, 0.6) is 11.5 Å². The lowest BCUT2D eigenvalue weighted by Gasteiger charge is -2.34. The predicted molar refractivity (Wildman–Crippen MR) is 135 cm³/mol. The first-order valence-corrected chi connectivity index (χ1v) is 12.4. The van der Waals surface area contributed by atoms with Crippen molar-refractivity contribution in [3.63, 3.8) is 0 Å². The van der Waals surface area contributed by atoms with E-state index in [-0.39, 0.29) is 18.4 Å². The maximum atomic E-state index is 13.0. The van der Waals surface area contributed by atoms with Crippen LogP contribution in [0.1, 0.15) is 24.3 Å². The summed E-state index contributed by atoms with van der Waals surface area (Å²) in [5, 5.41) is 3.00. The molecular weight excluding hydrogens is 464 g/mol. The Bertz CT molecular complexity index is 1020. The molecular formula is C25H34N6O5. The zero-order valence-corrected chi connectivity index (χ0v) is 20.9. The Balaban J connectivity index is 1.39. The minimum Gasteiger partial charge on any atom is -0.492 e. The molecule has 2 amide bonds. The molecule has 11 nitrogen and oxygen atoms in total. The molecule has 194 valence electrons. The van der Waals surface area contributed by atoms with Gasteiger partial charge in [0.25, 0.3) is 5.91 Å². The number of ether oxygens (including phenoxy) is 3. The maximum absolute atomic E-state index is 13.0. The topological polar surface area (TPSA) is 109 Å². The van der Waals surface area contributed by atoms with Crippen molar-refractivity contribution < 1.29 is 23.8 Å². The quantitative estimate of drug-likeness (QED) is 0.550. The molecule has 36 heavy (non-hydrogen) atoms. The van der Waals surface area contributed by atoms with Gasteiger partial charge in [-0.15, -0.1) is 0 Å². The van der Waals surface area contributed by atoms with Gasteiger partial charge in [-0.1, -0.05) is 0 Å². The second-order valence-electron chi connectivity index (χ2n) is 8.49. The van der Waals surface area contributed by atoms with Crippen LogP contribution in [0.4, 0.5) is 11.4 Å². The third-order valence-electron chi connectivity index (χ3n) is 6.10. The van der Waals surface area contributed by atoms with Gasteiger partial charge in [-0.3, -0.25) is 19.5 Å². The number of nitrogens with zero attached hydrogens (tertiary/aromatic N) is 5. The van der Waals surface area contributed by atoms with E-state index in [0.717, 1.165) is 18.8 Å². The third-order valence-corrected chi connectivity index (χ3v) is 6.10. The van der Waals surface area contributed by atoms with Crippen LogP contribution in [0.15, 0.2) is 30.7 Å². The van der Waals surface area contributed by atoms with Crippen molar-refractivity contribution in [3.8, 4) is 11.5 Å². The molecule has 1 aromatic heterocycles. The number of anilines is 2. The molecule has 2 fully saturated rings. The molecule has 0 saturated carbocycles. The van der Waals surface area contributed by atoms with Crippen molar-refractivity contribution in [3.05, 3.63) is 36.4 Å². The molecule has 0 atom stereocenters. The van der Waals surface area contributed by atoms with E-state index in [1.165, 1.54) is 18.6 Å². The Labute approximate surface area is 211 Å². The average molecular weight is 499 g/mol. The van der Waals surface area contributed by atoms with E-state index in [0.29, 0.717) is 75.5 Å². The number of piperazine rings is 1. The number of aromatic nitrogens is 2. The zero-order chi connectivity index (χ0) is 25.3. The molecule has 0 spiro atoms. The fourth-order valence-electron chi connectivity index (χ4n) is 4.32. The summed E-state index contributed by atoms with van der Waals surface area (Å²) >= 11 is 0. The van der Waals surface area contributed by atoms with Gasteiger partial charge in [0.05, 0.1) is 50.5 Å². The smallest absolute Gasteiger partial charge is 0.274 e. The van der Waals surface area contributed by atoms with Crippen molar-refractivity contribution in [2.24, 2.45) is 0 Å². The van der Waals surface area contributed by atoms with Crippen LogP contribution in [-0.4, -0.2) is 104 Å². The highest BCUT2D eigenvalue weighted by Crippen LogP contribution is 2.39. The molecule has 11 heteroatoms. The molecule has 0 radical (unpaired) electrons. The molecule has 2 aromatic rings. The van der Waals surface area contributed by atoms with Crippen LogP contribution in [0, 0.1) is 0 Å². The van der Waals surface area contributed by atoms with Gasteiger partial charge in [-0.25, -0.2) is 4.98 Å². The molecule has 2 aliphatic rings. The number of benzene rings is 1. The van der Waals surface area contributed by atoms with Gasteiger partial charge in [0.2, 0.25) is 5.91 Å². The Hall–Kier alpha value is -3.44. The fourth-order valence-corrected chi connectivity index (χ4v) is 4.32. The van der Waals surface area contributed by atoms with Crippen molar-refractivity contribution in [2.45, 2.75) is 13.8 Å². The average Bonchev–Trinajstić information content (AvgIpc) is 2.91. The van der Waals surface area contributed by atoms with Crippen LogP contribution >= 0.6 is 0 Å². The second-order valence-corrected chi connectivity index (χ2v) is 8.49. The van der Waals surface area contributed by atoms with E-state index in [9.17, 15) is 9.59 Å². The third kappa shape index (κ3) is 6.41. The van der Waals surface area contributed by atoms with Gasteiger partial charge in [-0.05, 0) is 13.8 Å². The Morgan fingerprint density at radius 2 is 1.69 bits per heavy atom. The highest BCUT2D eigenvalue weighted by Gasteiger charge is 2.25. The molecule has 1 N–H and O–H groups in total. The lowest BCUT2D eigenvalue weighted by atomic mass is 10.2. The minimum absolute atomic E-state index is 0.141. The number of carbonyl (C=O) groups is 2. The second kappa shape index (κ2) is 12.5. The molecule has 1 aromatic carbocycles. The standard InChI is InChI=1S/C25H34N6O5/c1-3-35-22-16-21(30-11-13-34-14-12-30)23(36-4-2)15-19(22)28-24(32)18-29-7-9-31(10-8-29)25(33)20-17-26-5-6-27-20/h5-6,15-17H,3-4,7-14,18H2,1-2H3,(H,28,32). The largest absolute Gasteiger partial charge is 0.492 e. The summed E-state index contributed by atoms with van der Waals surface area (Å²) in [4.78, 5) is 39.6. The van der Waals surface area contributed by atoms with E-state index in [1.54, 1.807) is 4.90 Å². The molecule has 3 heterocycles. The molecule has 2 saturated heterocycles. The van der Waals surface area contributed by atoms with E-state index >= 15 is 0 Å². The number of amides is 2. The van der Waals surface area contributed by atoms with Gasteiger partial charge < -0.3 is 29.3 Å². The van der Waals surface area contributed by atoms with Crippen molar-refractivity contribution in [1.82, 2.24) is 19.8 Å². The lowest BCUT2D eigenvalue weighted by molar-refractivity contribution is -0.117. The maximum Gasteiger partial charge on any atom is 0.274 e. The van der Waals surface area contributed by atoms with Gasteiger partial charge in [0.1, 0.15) is 17.2 Å². The molecule has 0 bridgehead atoms. The zero-order valence-electron chi connectivity index (χ0n) is 20.9. The summed E-state index contributed by atoms with van der Waals surface area (Å²) in [6.07, 6.45) is 4.52. The number of carbonyl (C=O) groups excluding carboxylic acids is 2. The summed E-state index contributed by atoms with van der Waals surface area (Å²) in [6.45, 7) is 10.1. The first-order chi connectivity index (χ1) is 17.6. The number of morpholine rings is 1. The van der Waals surface area contributed by atoms with E-state index in [2.05, 4.69) is 20.2 Å². The lowest BCUT2D eigenvalue weighted by Crippen LogP contribution is -2.50. The monoisotopic (exact) mass is 498 g/mol. The SMILES string of the molecule is CCOc1cc(N2CCOCC2)c(OCC)cc1NC(=O)CN1CCN(C(=O)c2cnccn2)CC1. The van der Waals surface area contributed by atoms with Crippen LogP contribution in [-0.2, 0) is 9.53 Å². The van der Waals surface area contributed by atoms with Crippen LogP contribution < -0.4 is 19.7 Å². The highest BCUT2D eigenvalue weighted by atomic mass is 16.5. The van der Waals surface area contributed by atoms with E-state index in [1.807, 2.05) is 30.9 Å². The number of hydrogen-bond acceptors (Lipinski definition) is 9. The Morgan fingerprint density at radius 3 is 2.36 bits per heavy atom. The normalized spacial score (nSPS) is 16.5. The predicted octanol–water partition coefficient (Wildman–Crippen LogP) is 1.51. The number of rotatable bonds is 9. The molecule has 2 aliphatic heterocycles. The summed E-state index contributed by atoms with van der Waals surface area (Å²) < 4.78 is 17.3. The summed E-state index contributed by atoms with van der Waals surface area (Å²) in [5.41, 5.74) is 1.85. The number of hydrogen-bond donors (Lipinski definition) is 1. The fraction of sp³-hybridized carbons (Fsp3) is 0.520. The first-order valence-electron chi connectivity index (χ1n) is 12.4. The molecule has 4 rings (SSSR count). The van der Waals surface area contributed by atoms with Crippen LogP contribution in [0.25, 0.3) is 0 Å². The van der Waals surface area contributed by atoms with Crippen molar-refractivity contribution >= 4 is 23.2 Å². The molecule has 0 aliphatic carbocycles.